The summed E-state index contributed by atoms with van der Waals surface area (Å²) < 4.78 is 0. The quantitative estimate of drug-likeness (QED) is 0.303. The highest BCUT2D eigenvalue weighted by atomic mass is 14.2. The second kappa shape index (κ2) is 6.94. The molecule has 0 heterocycles. The summed E-state index contributed by atoms with van der Waals surface area (Å²) in [7, 11) is 6.64. The van der Waals surface area contributed by atoms with E-state index in [4.69, 9.17) is 7.85 Å². The molecule has 0 unspecified atom stereocenters. The lowest BCUT2D eigenvalue weighted by molar-refractivity contribution is 1.47. The molecule has 0 saturated carbocycles. The zero-order valence-corrected chi connectivity index (χ0v) is 16.7. The van der Waals surface area contributed by atoms with Gasteiger partial charge in [0.15, 0.2) is 0 Å². The van der Waals surface area contributed by atoms with Gasteiger partial charge in [0.25, 0.3) is 0 Å². The Hall–Kier alpha value is -3.32. The van der Waals surface area contributed by atoms with Crippen LogP contribution < -0.4 is 5.46 Å². The molecule has 2 radical (unpaired) electrons. The monoisotopic (exact) mass is 368 g/mol. The lowest BCUT2D eigenvalue weighted by Gasteiger charge is -2.20. The molecule has 5 aromatic rings. The Morgan fingerprint density at radius 1 is 0.483 bits per heavy atom. The lowest BCUT2D eigenvalue weighted by atomic mass is 9.78. The molecule has 0 aliphatic heterocycles. The highest BCUT2D eigenvalue weighted by Crippen LogP contribution is 2.40. The van der Waals surface area contributed by atoms with E-state index in [9.17, 15) is 0 Å². The molecule has 0 bridgehead atoms. The van der Waals surface area contributed by atoms with Gasteiger partial charge in [-0.3, -0.25) is 0 Å². The van der Waals surface area contributed by atoms with Gasteiger partial charge >= 0.3 is 0 Å². The number of fused-ring (bicyclic) bond motifs is 2. The lowest BCUT2D eigenvalue weighted by Crippen LogP contribution is -2.09. The van der Waals surface area contributed by atoms with Crippen molar-refractivity contribution in [3.05, 3.63) is 102 Å². The number of benzene rings is 5. The Bertz CT molecular complexity index is 1380. The van der Waals surface area contributed by atoms with Gasteiger partial charge in [0.05, 0.1) is 0 Å². The Morgan fingerprint density at radius 3 is 1.69 bits per heavy atom. The molecule has 0 amide bonds. The first-order valence-corrected chi connectivity index (χ1v) is 10.0. The van der Waals surface area contributed by atoms with Crippen LogP contribution in [-0.2, 0) is 0 Å². The molecule has 0 aromatic heterocycles. The fraction of sp³-hybridized carbons (Fsp3) is 0.0714. The van der Waals surface area contributed by atoms with Crippen LogP contribution in [0.2, 0.25) is 0 Å². The minimum atomic E-state index is 0.814. The van der Waals surface area contributed by atoms with Crippen LogP contribution in [0.15, 0.2) is 91.0 Å². The number of hydrogen-bond donors (Lipinski definition) is 0. The summed E-state index contributed by atoms with van der Waals surface area (Å²) in [6.07, 6.45) is 0. The SMILES string of the molecule is [B]c1cccc(-c2c(C)ccc3ccccc23)c1-c1c(C)ccc2ccccc12. The standard InChI is InChI=1S/C28H21B/c1-18-14-16-20-8-3-5-10-22(20)26(18)24-12-7-13-25(29)28(24)27-19(2)15-17-21-9-4-6-11-23(21)27/h3-17H,1-2H3. The van der Waals surface area contributed by atoms with Crippen LogP contribution in [0.1, 0.15) is 11.1 Å². The molecule has 0 atom stereocenters. The van der Waals surface area contributed by atoms with Crippen molar-refractivity contribution in [2.24, 2.45) is 0 Å². The predicted octanol–water partition coefficient (Wildman–Crippen LogP) is 6.74. The number of hydrogen-bond acceptors (Lipinski definition) is 0. The molecule has 0 spiro atoms. The molecular weight excluding hydrogens is 347 g/mol. The van der Waals surface area contributed by atoms with Gasteiger partial charge in [-0.05, 0) is 68.8 Å². The summed E-state index contributed by atoms with van der Waals surface area (Å²) >= 11 is 0. The topological polar surface area (TPSA) is 0 Å². The van der Waals surface area contributed by atoms with Crippen molar-refractivity contribution in [2.75, 3.05) is 0 Å². The van der Waals surface area contributed by atoms with Gasteiger partial charge in [0.1, 0.15) is 7.85 Å². The predicted molar refractivity (Wildman–Crippen MR) is 127 cm³/mol. The minimum Gasteiger partial charge on any atom is -0.0883 e. The third kappa shape index (κ3) is 2.86. The Morgan fingerprint density at radius 2 is 1.03 bits per heavy atom. The summed E-state index contributed by atoms with van der Waals surface area (Å²) in [6.45, 7) is 4.36. The van der Waals surface area contributed by atoms with Gasteiger partial charge in [0.2, 0.25) is 0 Å². The third-order valence-electron chi connectivity index (χ3n) is 5.89. The van der Waals surface area contributed by atoms with Gasteiger partial charge in [-0.15, -0.1) is 0 Å². The Kier molecular flexibility index (Phi) is 4.25. The Labute approximate surface area is 173 Å². The van der Waals surface area contributed by atoms with E-state index in [-0.39, 0.29) is 0 Å². The first-order valence-electron chi connectivity index (χ1n) is 10.0. The van der Waals surface area contributed by atoms with Gasteiger partial charge in [0, 0.05) is 0 Å². The largest absolute Gasteiger partial charge is 0.114 e. The summed E-state index contributed by atoms with van der Waals surface area (Å²) in [5.74, 6) is 0. The first kappa shape index (κ1) is 17.8. The van der Waals surface area contributed by atoms with Crippen LogP contribution in [-0.4, -0.2) is 7.85 Å². The fourth-order valence-electron chi connectivity index (χ4n) is 4.51. The molecular formula is C28H21B. The summed E-state index contributed by atoms with van der Waals surface area (Å²) in [5, 5.41) is 4.98. The molecule has 136 valence electrons. The van der Waals surface area contributed by atoms with Gasteiger partial charge in [-0.1, -0.05) is 96.5 Å². The summed E-state index contributed by atoms with van der Waals surface area (Å²) in [5.41, 5.74) is 8.12. The smallest absolute Gasteiger partial charge is 0.0883 e. The molecule has 1 heteroatoms. The van der Waals surface area contributed by atoms with Crippen LogP contribution in [0.3, 0.4) is 0 Å². The van der Waals surface area contributed by atoms with Crippen molar-refractivity contribution < 1.29 is 0 Å². The van der Waals surface area contributed by atoms with Gasteiger partial charge < -0.3 is 0 Å². The third-order valence-corrected chi connectivity index (χ3v) is 5.89. The molecule has 0 aliphatic rings. The molecule has 0 N–H and O–H groups in total. The highest BCUT2D eigenvalue weighted by molar-refractivity contribution is 6.38. The molecule has 0 fully saturated rings. The molecule has 5 aromatic carbocycles. The van der Waals surface area contributed by atoms with Crippen LogP contribution in [0.5, 0.6) is 0 Å². The first-order chi connectivity index (χ1) is 14.1. The average Bonchev–Trinajstić information content (AvgIpc) is 2.74. The van der Waals surface area contributed by atoms with Crippen molar-refractivity contribution in [1.29, 1.82) is 0 Å². The second-order valence-electron chi connectivity index (χ2n) is 7.73. The number of aryl methyl sites for hydroxylation is 2. The van der Waals surface area contributed by atoms with E-state index in [0.717, 1.165) is 11.0 Å². The maximum Gasteiger partial charge on any atom is 0.114 e. The molecule has 5 rings (SSSR count). The molecule has 0 saturated heterocycles. The van der Waals surface area contributed by atoms with E-state index in [2.05, 4.69) is 98.8 Å². The van der Waals surface area contributed by atoms with Crippen molar-refractivity contribution in [1.82, 2.24) is 0 Å². The van der Waals surface area contributed by atoms with Crippen LogP contribution in [0.25, 0.3) is 43.8 Å². The van der Waals surface area contributed by atoms with E-state index in [0.29, 0.717) is 0 Å². The van der Waals surface area contributed by atoms with Crippen molar-refractivity contribution in [3.8, 4) is 22.3 Å². The Balaban J connectivity index is 1.94. The molecule has 29 heavy (non-hydrogen) atoms. The highest BCUT2D eigenvalue weighted by Gasteiger charge is 2.17. The zero-order chi connectivity index (χ0) is 20.0. The number of rotatable bonds is 2. The van der Waals surface area contributed by atoms with Crippen molar-refractivity contribution in [2.45, 2.75) is 13.8 Å². The van der Waals surface area contributed by atoms with E-state index < -0.39 is 0 Å². The second-order valence-corrected chi connectivity index (χ2v) is 7.73. The van der Waals surface area contributed by atoms with Crippen molar-refractivity contribution >= 4 is 34.9 Å². The average molecular weight is 368 g/mol. The maximum atomic E-state index is 6.64. The van der Waals surface area contributed by atoms with Crippen molar-refractivity contribution in [3.63, 3.8) is 0 Å². The van der Waals surface area contributed by atoms with E-state index in [1.165, 1.54) is 49.4 Å². The van der Waals surface area contributed by atoms with E-state index in [1.807, 2.05) is 6.07 Å². The molecule has 0 aliphatic carbocycles. The van der Waals surface area contributed by atoms with Crippen LogP contribution in [0.4, 0.5) is 0 Å². The summed E-state index contributed by atoms with van der Waals surface area (Å²) in [6, 6.07) is 32.2. The minimum absolute atomic E-state index is 0.814. The zero-order valence-electron chi connectivity index (χ0n) is 16.7. The van der Waals surface area contributed by atoms with E-state index in [1.54, 1.807) is 0 Å². The molecule has 0 nitrogen and oxygen atoms in total. The normalized spacial score (nSPS) is 11.2. The summed E-state index contributed by atoms with van der Waals surface area (Å²) in [4.78, 5) is 0. The van der Waals surface area contributed by atoms with Crippen LogP contribution in [0, 0.1) is 13.8 Å². The maximum absolute atomic E-state index is 6.64. The van der Waals surface area contributed by atoms with E-state index >= 15 is 0 Å². The van der Waals surface area contributed by atoms with Crippen LogP contribution >= 0.6 is 0 Å². The van der Waals surface area contributed by atoms with Gasteiger partial charge in [-0.2, -0.15) is 0 Å². The van der Waals surface area contributed by atoms with Gasteiger partial charge in [-0.25, -0.2) is 0 Å². The fourth-order valence-corrected chi connectivity index (χ4v) is 4.51.